The highest BCUT2D eigenvalue weighted by atomic mass is 19.3. The van der Waals surface area contributed by atoms with Gasteiger partial charge in [-0.3, -0.25) is 0 Å². The van der Waals surface area contributed by atoms with Crippen molar-refractivity contribution in [2.24, 2.45) is 5.92 Å². The number of benzene rings is 1. The van der Waals surface area contributed by atoms with Crippen LogP contribution in [-0.2, 0) is 0 Å². The van der Waals surface area contributed by atoms with Crippen molar-refractivity contribution in [3.05, 3.63) is 35.4 Å². The molecule has 1 aliphatic carbocycles. The van der Waals surface area contributed by atoms with Gasteiger partial charge in [0.25, 0.3) is 5.92 Å². The molecule has 3 heteroatoms. The average Bonchev–Trinajstić information content (AvgIpc) is 2.46. The van der Waals surface area contributed by atoms with Crippen LogP contribution < -0.4 is 0 Å². The molecule has 0 amide bonds. The summed E-state index contributed by atoms with van der Waals surface area (Å²) in [4.78, 5) is 0. The Labute approximate surface area is 119 Å². The highest BCUT2D eigenvalue weighted by Gasteiger charge is 2.35. The second kappa shape index (κ2) is 6.19. The van der Waals surface area contributed by atoms with Gasteiger partial charge in [-0.2, -0.15) is 0 Å². The number of alkyl halides is 3. The van der Waals surface area contributed by atoms with E-state index in [1.165, 1.54) is 31.4 Å². The number of halogens is 3. The molecular formula is C17H23F3. The number of hydrogen-bond donors (Lipinski definition) is 0. The monoisotopic (exact) mass is 284 g/mol. The molecule has 1 aliphatic rings. The Morgan fingerprint density at radius 2 is 1.65 bits per heavy atom. The van der Waals surface area contributed by atoms with Crippen LogP contribution in [0.2, 0.25) is 0 Å². The van der Waals surface area contributed by atoms with Crippen LogP contribution in [0.15, 0.2) is 24.3 Å². The molecule has 1 aromatic carbocycles. The van der Waals surface area contributed by atoms with Crippen molar-refractivity contribution in [3.8, 4) is 0 Å². The van der Waals surface area contributed by atoms with Crippen LogP contribution in [0.3, 0.4) is 0 Å². The molecule has 1 aromatic rings. The summed E-state index contributed by atoms with van der Waals surface area (Å²) in [5, 5.41) is 0. The molecule has 1 unspecified atom stereocenters. The molecule has 20 heavy (non-hydrogen) atoms. The summed E-state index contributed by atoms with van der Waals surface area (Å²) in [5.74, 6) is -1.98. The molecule has 112 valence electrons. The van der Waals surface area contributed by atoms with E-state index in [0.717, 1.165) is 24.3 Å². The first-order valence-electron chi connectivity index (χ1n) is 7.53. The Bertz CT molecular complexity index is 411. The third-order valence-corrected chi connectivity index (χ3v) is 4.57. The highest BCUT2D eigenvalue weighted by Crippen LogP contribution is 2.38. The molecule has 1 atom stereocenters. The Morgan fingerprint density at radius 1 is 1.10 bits per heavy atom. The van der Waals surface area contributed by atoms with Crippen molar-refractivity contribution in [3.63, 3.8) is 0 Å². The van der Waals surface area contributed by atoms with Crippen LogP contribution >= 0.6 is 0 Å². The van der Waals surface area contributed by atoms with Gasteiger partial charge in [-0.15, -0.1) is 0 Å². The molecular weight excluding hydrogens is 261 g/mol. The molecule has 2 rings (SSSR count). The fraction of sp³-hybridized carbons (Fsp3) is 0.647. The third kappa shape index (κ3) is 3.56. The summed E-state index contributed by atoms with van der Waals surface area (Å²) in [6.45, 7) is 2.85. The van der Waals surface area contributed by atoms with Gasteiger partial charge in [0.2, 0.25) is 0 Å². The van der Waals surface area contributed by atoms with Crippen LogP contribution in [0.5, 0.6) is 0 Å². The lowest BCUT2D eigenvalue weighted by molar-refractivity contribution is -0.0566. The Morgan fingerprint density at radius 3 is 2.10 bits per heavy atom. The van der Waals surface area contributed by atoms with Gasteiger partial charge in [0.05, 0.1) is 0 Å². The van der Waals surface area contributed by atoms with E-state index in [0.29, 0.717) is 12.8 Å². The van der Waals surface area contributed by atoms with Gasteiger partial charge in [-0.25, -0.2) is 13.2 Å². The van der Waals surface area contributed by atoms with Crippen LogP contribution in [0, 0.1) is 5.92 Å². The van der Waals surface area contributed by atoms with Crippen molar-refractivity contribution < 1.29 is 13.2 Å². The fourth-order valence-electron chi connectivity index (χ4n) is 3.13. The Kier molecular flexibility index (Phi) is 4.77. The zero-order valence-electron chi connectivity index (χ0n) is 12.2. The van der Waals surface area contributed by atoms with Crippen LogP contribution in [-0.4, -0.2) is 5.92 Å². The predicted octanol–water partition coefficient (Wildman–Crippen LogP) is 6.04. The first-order valence-corrected chi connectivity index (χ1v) is 7.53. The zero-order valence-corrected chi connectivity index (χ0v) is 12.2. The van der Waals surface area contributed by atoms with Gasteiger partial charge in [-0.05, 0) is 48.6 Å². The van der Waals surface area contributed by atoms with Crippen molar-refractivity contribution in [1.82, 2.24) is 0 Å². The summed E-state index contributed by atoms with van der Waals surface area (Å²) >= 11 is 0. The highest BCUT2D eigenvalue weighted by molar-refractivity contribution is 5.28. The molecule has 0 bridgehead atoms. The maximum Gasteiger partial charge on any atom is 0.280 e. The topological polar surface area (TPSA) is 0 Å². The van der Waals surface area contributed by atoms with E-state index in [-0.39, 0.29) is 5.56 Å². The summed E-state index contributed by atoms with van der Waals surface area (Å²) in [6, 6.07) is 6.68. The first-order chi connectivity index (χ1) is 9.41. The maximum atomic E-state index is 13.6. The van der Waals surface area contributed by atoms with Crippen molar-refractivity contribution in [2.75, 3.05) is 0 Å². The van der Waals surface area contributed by atoms with Gasteiger partial charge >= 0.3 is 0 Å². The molecule has 0 saturated heterocycles. The lowest BCUT2D eigenvalue weighted by atomic mass is 9.77. The van der Waals surface area contributed by atoms with Gasteiger partial charge in [0, 0.05) is 6.92 Å². The van der Waals surface area contributed by atoms with Crippen LogP contribution in [0.25, 0.3) is 0 Å². The molecule has 0 N–H and O–H groups in total. The summed E-state index contributed by atoms with van der Waals surface area (Å²) in [6.07, 6.45) is 3.80. The molecule has 0 nitrogen and oxygen atoms in total. The summed E-state index contributed by atoms with van der Waals surface area (Å²) in [7, 11) is 0. The SMILES string of the molecule is CCC1CCC(c2ccc(C(F)C(C)(F)F)cc2)CC1. The van der Waals surface area contributed by atoms with E-state index in [1.54, 1.807) is 0 Å². The molecule has 0 aliphatic heterocycles. The minimum absolute atomic E-state index is 0.0727. The van der Waals surface area contributed by atoms with Gasteiger partial charge in [-0.1, -0.05) is 37.6 Å². The smallest absolute Gasteiger partial charge is 0.236 e. The molecule has 1 fully saturated rings. The standard InChI is InChI=1S/C17H23F3/c1-3-12-4-6-13(7-5-12)14-8-10-15(11-9-14)16(18)17(2,19)20/h8-13,16H,3-7H2,1-2H3. The minimum Gasteiger partial charge on any atom is -0.236 e. The largest absolute Gasteiger partial charge is 0.280 e. The van der Waals surface area contributed by atoms with Crippen molar-refractivity contribution >= 4 is 0 Å². The quantitative estimate of drug-likeness (QED) is 0.632. The second-order valence-corrected chi connectivity index (χ2v) is 6.11. The molecule has 0 aromatic heterocycles. The van der Waals surface area contributed by atoms with Gasteiger partial charge in [0.1, 0.15) is 0 Å². The Hall–Kier alpha value is -0.990. The van der Waals surface area contributed by atoms with E-state index in [4.69, 9.17) is 0 Å². The van der Waals surface area contributed by atoms with Crippen LogP contribution in [0.1, 0.15) is 69.2 Å². The lowest BCUT2D eigenvalue weighted by Gasteiger charge is -2.28. The van der Waals surface area contributed by atoms with E-state index < -0.39 is 12.1 Å². The second-order valence-electron chi connectivity index (χ2n) is 6.11. The van der Waals surface area contributed by atoms with Gasteiger partial charge in [0.15, 0.2) is 6.17 Å². The predicted molar refractivity (Wildman–Crippen MR) is 75.9 cm³/mol. The zero-order chi connectivity index (χ0) is 14.8. The summed E-state index contributed by atoms with van der Waals surface area (Å²) < 4.78 is 39.5. The normalized spacial score (nSPS) is 25.4. The third-order valence-electron chi connectivity index (χ3n) is 4.57. The van der Waals surface area contributed by atoms with E-state index >= 15 is 0 Å². The summed E-state index contributed by atoms with van der Waals surface area (Å²) in [5.41, 5.74) is 1.23. The molecule has 0 heterocycles. The molecule has 0 spiro atoms. The lowest BCUT2D eigenvalue weighted by Crippen LogP contribution is -2.18. The van der Waals surface area contributed by atoms with Crippen LogP contribution in [0.4, 0.5) is 13.2 Å². The van der Waals surface area contributed by atoms with E-state index in [2.05, 4.69) is 6.92 Å². The maximum absolute atomic E-state index is 13.6. The van der Waals surface area contributed by atoms with Gasteiger partial charge < -0.3 is 0 Å². The number of rotatable bonds is 4. The molecule has 0 radical (unpaired) electrons. The Balaban J connectivity index is 2.02. The van der Waals surface area contributed by atoms with Crippen molar-refractivity contribution in [1.29, 1.82) is 0 Å². The minimum atomic E-state index is -3.32. The van der Waals surface area contributed by atoms with E-state index in [9.17, 15) is 13.2 Å². The van der Waals surface area contributed by atoms with E-state index in [1.807, 2.05) is 12.1 Å². The average molecular weight is 284 g/mol. The molecule has 1 saturated carbocycles. The van der Waals surface area contributed by atoms with Crippen molar-refractivity contribution in [2.45, 2.75) is 64.0 Å². The number of hydrogen-bond acceptors (Lipinski definition) is 0. The first kappa shape index (κ1) is 15.4. The fourth-order valence-corrected chi connectivity index (χ4v) is 3.13.